The van der Waals surface area contributed by atoms with Crippen LogP contribution >= 0.6 is 23.2 Å². The second kappa shape index (κ2) is 7.21. The lowest BCUT2D eigenvalue weighted by atomic mass is 10.0. The second-order valence-corrected chi connectivity index (χ2v) is 5.76. The third-order valence-corrected chi connectivity index (χ3v) is 3.96. The molecule has 1 aromatic carbocycles. The first-order chi connectivity index (χ1) is 10.0. The van der Waals surface area contributed by atoms with Gasteiger partial charge in [0.15, 0.2) is 0 Å². The number of nitrogens with zero attached hydrogens (tertiary/aromatic N) is 1. The number of rotatable bonds is 5. The van der Waals surface area contributed by atoms with E-state index in [2.05, 4.69) is 17.2 Å². The third kappa shape index (κ3) is 4.16. The van der Waals surface area contributed by atoms with Gasteiger partial charge in [0.05, 0.1) is 11.9 Å². The average molecular weight is 327 g/mol. The van der Waals surface area contributed by atoms with E-state index in [9.17, 15) is 4.39 Å². The van der Waals surface area contributed by atoms with Crippen molar-refractivity contribution in [3.8, 4) is 0 Å². The molecule has 0 aliphatic rings. The Morgan fingerprint density at radius 3 is 2.57 bits per heavy atom. The molecule has 2 rings (SSSR count). The summed E-state index contributed by atoms with van der Waals surface area (Å²) < 4.78 is 13.0. The average Bonchev–Trinajstić information content (AvgIpc) is 2.45. The fraction of sp³-hybridized carbons (Fsp3) is 0.312. The molecule has 0 bridgehead atoms. The predicted octanol–water partition coefficient (Wildman–Crippen LogP) is 5.33. The predicted molar refractivity (Wildman–Crippen MR) is 85.2 cm³/mol. The number of pyridine rings is 1. The highest BCUT2D eigenvalue weighted by Crippen LogP contribution is 2.28. The lowest BCUT2D eigenvalue weighted by Crippen LogP contribution is -2.25. The maximum absolute atomic E-state index is 13.0. The third-order valence-electron chi connectivity index (χ3n) is 3.40. The number of benzene rings is 1. The van der Waals surface area contributed by atoms with Crippen LogP contribution in [0.2, 0.25) is 10.0 Å². The fourth-order valence-corrected chi connectivity index (χ4v) is 2.82. The van der Waals surface area contributed by atoms with Gasteiger partial charge in [-0.15, -0.1) is 0 Å². The van der Waals surface area contributed by atoms with Crippen molar-refractivity contribution in [2.75, 3.05) is 0 Å². The largest absolute Gasteiger partial charge is 0.302 e. The minimum Gasteiger partial charge on any atom is -0.302 e. The van der Waals surface area contributed by atoms with Gasteiger partial charge in [-0.1, -0.05) is 36.2 Å². The molecule has 0 spiro atoms. The van der Waals surface area contributed by atoms with Crippen molar-refractivity contribution in [3.05, 3.63) is 63.6 Å². The maximum Gasteiger partial charge on any atom is 0.141 e. The smallest absolute Gasteiger partial charge is 0.141 e. The zero-order valence-electron chi connectivity index (χ0n) is 11.9. The Balaban J connectivity index is 2.15. The molecular formula is C16H17Cl2FN2. The number of halogens is 3. The molecule has 0 aliphatic carbocycles. The highest BCUT2D eigenvalue weighted by molar-refractivity contribution is 6.35. The van der Waals surface area contributed by atoms with Crippen LogP contribution in [0.15, 0.2) is 36.5 Å². The molecule has 1 heterocycles. The molecule has 21 heavy (non-hydrogen) atoms. The van der Waals surface area contributed by atoms with Gasteiger partial charge in [-0.05, 0) is 43.2 Å². The summed E-state index contributed by atoms with van der Waals surface area (Å²) in [6.07, 6.45) is 2.08. The van der Waals surface area contributed by atoms with E-state index in [1.165, 1.54) is 12.3 Å². The lowest BCUT2D eigenvalue weighted by molar-refractivity contribution is 0.447. The zero-order chi connectivity index (χ0) is 15.4. The summed E-state index contributed by atoms with van der Waals surface area (Å²) in [5.41, 5.74) is 1.79. The second-order valence-electron chi connectivity index (χ2n) is 4.92. The van der Waals surface area contributed by atoms with Gasteiger partial charge < -0.3 is 5.32 Å². The van der Waals surface area contributed by atoms with Crippen LogP contribution in [-0.2, 0) is 0 Å². The number of aromatic nitrogens is 1. The van der Waals surface area contributed by atoms with Crippen molar-refractivity contribution in [2.24, 2.45) is 0 Å². The van der Waals surface area contributed by atoms with E-state index in [0.717, 1.165) is 17.7 Å². The molecular weight excluding hydrogens is 310 g/mol. The molecule has 2 nitrogen and oxygen atoms in total. The Bertz CT molecular complexity index is 602. The summed E-state index contributed by atoms with van der Waals surface area (Å²) in [5, 5.41) is 4.71. The molecule has 5 heteroatoms. The van der Waals surface area contributed by atoms with E-state index in [0.29, 0.717) is 10.0 Å². The van der Waals surface area contributed by atoms with E-state index in [1.807, 2.05) is 19.1 Å². The molecule has 0 amide bonds. The van der Waals surface area contributed by atoms with Crippen molar-refractivity contribution in [1.82, 2.24) is 10.3 Å². The Morgan fingerprint density at radius 2 is 2.00 bits per heavy atom. The first-order valence-corrected chi connectivity index (χ1v) is 7.59. The molecule has 2 aromatic rings. The van der Waals surface area contributed by atoms with Gasteiger partial charge >= 0.3 is 0 Å². The number of hydrogen-bond donors (Lipinski definition) is 1. The molecule has 2 atom stereocenters. The summed E-state index contributed by atoms with van der Waals surface area (Å²) in [4.78, 5) is 4.14. The summed E-state index contributed by atoms with van der Waals surface area (Å²) in [6.45, 7) is 4.08. The van der Waals surface area contributed by atoms with Gasteiger partial charge in [-0.3, -0.25) is 4.98 Å². The van der Waals surface area contributed by atoms with Crippen LogP contribution in [0, 0.1) is 5.82 Å². The van der Waals surface area contributed by atoms with Gasteiger partial charge in [0.25, 0.3) is 0 Å². The van der Waals surface area contributed by atoms with Crippen LogP contribution in [0.3, 0.4) is 0 Å². The molecule has 0 radical (unpaired) electrons. The Morgan fingerprint density at radius 1 is 1.24 bits per heavy atom. The minimum atomic E-state index is -0.331. The molecule has 0 saturated heterocycles. The van der Waals surface area contributed by atoms with E-state index in [-0.39, 0.29) is 17.9 Å². The zero-order valence-corrected chi connectivity index (χ0v) is 13.4. The SMILES string of the molecule is CCC(NC(C)c1ccc(Cl)cc1Cl)c1ccc(F)cn1. The summed E-state index contributed by atoms with van der Waals surface area (Å²) in [6, 6.07) is 8.65. The molecule has 1 N–H and O–H groups in total. The highest BCUT2D eigenvalue weighted by Gasteiger charge is 2.17. The summed E-state index contributed by atoms with van der Waals surface area (Å²) in [7, 11) is 0. The van der Waals surface area contributed by atoms with Gasteiger partial charge in [0.1, 0.15) is 5.82 Å². The minimum absolute atomic E-state index is 0.0339. The number of hydrogen-bond acceptors (Lipinski definition) is 2. The topological polar surface area (TPSA) is 24.9 Å². The van der Waals surface area contributed by atoms with Crippen molar-refractivity contribution < 1.29 is 4.39 Å². The molecule has 2 unspecified atom stereocenters. The van der Waals surface area contributed by atoms with E-state index < -0.39 is 0 Å². The quantitative estimate of drug-likeness (QED) is 0.803. The fourth-order valence-electron chi connectivity index (χ4n) is 2.25. The highest BCUT2D eigenvalue weighted by atomic mass is 35.5. The molecule has 112 valence electrons. The standard InChI is InChI=1S/C16H17Cl2FN2/c1-3-15(16-7-5-12(19)9-20-16)21-10(2)13-6-4-11(17)8-14(13)18/h4-10,15,21H,3H2,1-2H3. The van der Waals surface area contributed by atoms with Crippen LogP contribution in [0.25, 0.3) is 0 Å². The van der Waals surface area contributed by atoms with Gasteiger partial charge in [0, 0.05) is 22.1 Å². The van der Waals surface area contributed by atoms with Crippen molar-refractivity contribution in [3.63, 3.8) is 0 Å². The molecule has 0 saturated carbocycles. The molecule has 0 aliphatic heterocycles. The number of nitrogens with one attached hydrogen (secondary N) is 1. The Labute approximate surface area is 134 Å². The summed E-state index contributed by atoms with van der Waals surface area (Å²) in [5.74, 6) is -0.331. The summed E-state index contributed by atoms with van der Waals surface area (Å²) >= 11 is 12.1. The first-order valence-electron chi connectivity index (χ1n) is 6.83. The van der Waals surface area contributed by atoms with Crippen molar-refractivity contribution in [2.45, 2.75) is 32.4 Å². The van der Waals surface area contributed by atoms with E-state index >= 15 is 0 Å². The first kappa shape index (κ1) is 16.2. The van der Waals surface area contributed by atoms with E-state index in [4.69, 9.17) is 23.2 Å². The Kier molecular flexibility index (Phi) is 5.57. The normalized spacial score (nSPS) is 14.0. The van der Waals surface area contributed by atoms with Gasteiger partial charge in [-0.25, -0.2) is 4.39 Å². The van der Waals surface area contributed by atoms with Crippen molar-refractivity contribution >= 4 is 23.2 Å². The maximum atomic E-state index is 13.0. The Hall–Kier alpha value is -1.16. The van der Waals surface area contributed by atoms with E-state index in [1.54, 1.807) is 12.1 Å². The molecule has 0 fully saturated rings. The van der Waals surface area contributed by atoms with Crippen LogP contribution in [0.1, 0.15) is 43.6 Å². The lowest BCUT2D eigenvalue weighted by Gasteiger charge is -2.23. The van der Waals surface area contributed by atoms with Crippen LogP contribution < -0.4 is 5.32 Å². The van der Waals surface area contributed by atoms with Crippen LogP contribution in [-0.4, -0.2) is 4.98 Å². The van der Waals surface area contributed by atoms with Gasteiger partial charge in [-0.2, -0.15) is 0 Å². The molecule has 1 aromatic heterocycles. The van der Waals surface area contributed by atoms with Gasteiger partial charge in [0.2, 0.25) is 0 Å². The van der Waals surface area contributed by atoms with Crippen LogP contribution in [0.4, 0.5) is 4.39 Å². The monoisotopic (exact) mass is 326 g/mol. The van der Waals surface area contributed by atoms with Crippen LogP contribution in [0.5, 0.6) is 0 Å². The van der Waals surface area contributed by atoms with Crippen molar-refractivity contribution in [1.29, 1.82) is 0 Å².